The van der Waals surface area contributed by atoms with Crippen LogP contribution in [0, 0.1) is 41.4 Å². The number of rotatable bonds is 8. The molecule has 2 saturated carbocycles. The molecule has 6 rings (SSSR count). The molecule has 0 radical (unpaired) electrons. The van der Waals surface area contributed by atoms with Crippen LogP contribution in [-0.2, 0) is 4.74 Å². The molecule has 6 aliphatic rings. The number of ether oxygens (including phenoxy) is 1. The van der Waals surface area contributed by atoms with E-state index in [1.54, 1.807) is 0 Å². The molecule has 0 aromatic heterocycles. The van der Waals surface area contributed by atoms with Gasteiger partial charge in [-0.05, 0) is 107 Å². The Morgan fingerprint density at radius 3 is 2.23 bits per heavy atom. The van der Waals surface area contributed by atoms with E-state index in [1.807, 2.05) is 0 Å². The summed E-state index contributed by atoms with van der Waals surface area (Å²) in [6.45, 7) is 21.1. The molecule has 1 heterocycles. The smallest absolute Gasteiger partial charge is 0.0605 e. The van der Waals surface area contributed by atoms with Gasteiger partial charge < -0.3 is 4.74 Å². The second kappa shape index (κ2) is 13.4. The third-order valence-electron chi connectivity index (χ3n) is 11.9. The molecule has 12 atom stereocenters. The number of likely N-dealkylation sites (tertiary alicyclic amines) is 1. The normalized spacial score (nSPS) is 40.2. The highest BCUT2D eigenvalue weighted by atomic mass is 28.3. The van der Waals surface area contributed by atoms with Gasteiger partial charge in [-0.2, -0.15) is 0 Å². The average molecular weight is 600 g/mol. The van der Waals surface area contributed by atoms with Gasteiger partial charge >= 0.3 is 0 Å². The van der Waals surface area contributed by atoms with E-state index in [4.69, 9.17) is 4.74 Å². The summed E-state index contributed by atoms with van der Waals surface area (Å²) in [4.78, 5) is 2.78. The van der Waals surface area contributed by atoms with Crippen molar-refractivity contribution in [1.29, 1.82) is 0 Å². The molecule has 0 aromatic carbocycles. The summed E-state index contributed by atoms with van der Waals surface area (Å²) in [6, 6.07) is 2.45. The molecular weight excluding hydrogens is 539 g/mol. The summed E-state index contributed by atoms with van der Waals surface area (Å²) in [7, 11) is 0.535. The number of allylic oxidation sites excluding steroid dienone is 10. The Hall–Kier alpha value is -1.68. The van der Waals surface area contributed by atoms with Crippen molar-refractivity contribution in [3.63, 3.8) is 0 Å². The van der Waals surface area contributed by atoms with Crippen LogP contribution in [0.15, 0.2) is 85.1 Å². The second-order valence-corrected chi connectivity index (χ2v) is 20.8. The van der Waals surface area contributed by atoms with Gasteiger partial charge in [-0.3, -0.25) is 4.90 Å². The van der Waals surface area contributed by atoms with Crippen LogP contribution in [0.25, 0.3) is 0 Å². The lowest BCUT2D eigenvalue weighted by molar-refractivity contribution is 0.00447. The third-order valence-corrected chi connectivity index (χ3v) is 17.8. The minimum absolute atomic E-state index is 0.0889. The molecule has 5 aliphatic carbocycles. The Morgan fingerprint density at radius 1 is 0.953 bits per heavy atom. The first-order chi connectivity index (χ1) is 20.6. The Labute approximate surface area is 265 Å². The minimum Gasteiger partial charge on any atom is -0.376 e. The van der Waals surface area contributed by atoms with E-state index in [0.29, 0.717) is 41.7 Å². The summed E-state index contributed by atoms with van der Waals surface area (Å²) in [5.41, 5.74) is 2.94. The highest BCUT2D eigenvalue weighted by molar-refractivity contribution is 6.82. The van der Waals surface area contributed by atoms with Crippen molar-refractivity contribution in [2.24, 2.45) is 41.4 Å². The largest absolute Gasteiger partial charge is 0.376 e. The van der Waals surface area contributed by atoms with E-state index in [2.05, 4.69) is 140 Å². The number of fused-ring (bicyclic) bond motifs is 6. The van der Waals surface area contributed by atoms with Crippen molar-refractivity contribution in [2.75, 3.05) is 13.7 Å². The third kappa shape index (κ3) is 6.25. The van der Waals surface area contributed by atoms with E-state index in [9.17, 15) is 0 Å². The van der Waals surface area contributed by atoms with Crippen LogP contribution < -0.4 is 0 Å². The topological polar surface area (TPSA) is 12.5 Å². The van der Waals surface area contributed by atoms with Crippen LogP contribution in [0.2, 0.25) is 23.7 Å². The summed E-state index contributed by atoms with van der Waals surface area (Å²) in [6.07, 6.45) is 34.6. The van der Waals surface area contributed by atoms with E-state index < -0.39 is 8.07 Å². The lowest BCUT2D eigenvalue weighted by Crippen LogP contribution is -2.49. The molecule has 43 heavy (non-hydrogen) atoms. The molecule has 3 fully saturated rings. The molecular formula is C40H61NOSi. The number of nitrogens with zero attached hydrogens (tertiary/aromatic N) is 1. The van der Waals surface area contributed by atoms with Gasteiger partial charge in [0.05, 0.1) is 13.7 Å². The van der Waals surface area contributed by atoms with Crippen molar-refractivity contribution in [2.45, 2.75) is 109 Å². The molecule has 0 amide bonds. The monoisotopic (exact) mass is 599 g/mol. The summed E-state index contributed by atoms with van der Waals surface area (Å²) < 4.78 is 6.59. The first-order valence-electron chi connectivity index (χ1n) is 17.6. The van der Waals surface area contributed by atoms with E-state index in [-0.39, 0.29) is 5.60 Å². The SMILES string of the molecule is C=CCCC1CC([Si](C)(CCOC(C)(C)C)C2C3C=CC=CC3C3C2C2C=C(C)C=CC2N3C)C2C=CC=CC12.CCC. The van der Waals surface area contributed by atoms with Crippen LogP contribution in [0.3, 0.4) is 0 Å². The number of hydrogen-bond donors (Lipinski definition) is 0. The zero-order valence-electron chi connectivity index (χ0n) is 28.6. The van der Waals surface area contributed by atoms with Crippen molar-refractivity contribution < 1.29 is 4.74 Å². The fourth-order valence-corrected chi connectivity index (χ4v) is 16.7. The summed E-state index contributed by atoms with van der Waals surface area (Å²) in [5.74, 6) is 4.79. The molecule has 0 aromatic rings. The molecule has 1 saturated heterocycles. The van der Waals surface area contributed by atoms with Gasteiger partial charge in [-0.25, -0.2) is 0 Å². The van der Waals surface area contributed by atoms with Crippen LogP contribution in [0.4, 0.5) is 0 Å². The van der Waals surface area contributed by atoms with E-state index in [1.165, 1.54) is 30.9 Å². The number of likely N-dealkylation sites (N-methyl/N-ethyl adjacent to an activating group) is 1. The molecule has 12 unspecified atom stereocenters. The fourth-order valence-electron chi connectivity index (χ4n) is 10.4. The zero-order chi connectivity index (χ0) is 30.9. The molecule has 3 heteroatoms. The average Bonchev–Trinajstić information content (AvgIpc) is 3.60. The van der Waals surface area contributed by atoms with Crippen molar-refractivity contribution >= 4 is 8.07 Å². The Morgan fingerprint density at radius 2 is 1.58 bits per heavy atom. The van der Waals surface area contributed by atoms with Crippen molar-refractivity contribution in [3.05, 3.63) is 85.1 Å². The van der Waals surface area contributed by atoms with Gasteiger partial charge in [0.1, 0.15) is 0 Å². The summed E-state index contributed by atoms with van der Waals surface area (Å²) >= 11 is 0. The van der Waals surface area contributed by atoms with E-state index in [0.717, 1.165) is 35.9 Å². The lowest BCUT2D eigenvalue weighted by Gasteiger charge is -2.48. The highest BCUT2D eigenvalue weighted by Crippen LogP contribution is 2.67. The molecule has 236 valence electrons. The zero-order valence-corrected chi connectivity index (χ0v) is 29.6. The predicted octanol–water partition coefficient (Wildman–Crippen LogP) is 10.2. The Bertz CT molecular complexity index is 1170. The van der Waals surface area contributed by atoms with Gasteiger partial charge in [0.2, 0.25) is 0 Å². The molecule has 1 aliphatic heterocycles. The van der Waals surface area contributed by atoms with Gasteiger partial charge in [0.15, 0.2) is 0 Å². The molecule has 2 nitrogen and oxygen atoms in total. The van der Waals surface area contributed by atoms with Gasteiger partial charge in [0, 0.05) is 24.6 Å². The molecule has 0 spiro atoms. The fraction of sp³-hybridized carbons (Fsp3) is 0.650. The second-order valence-electron chi connectivity index (χ2n) is 15.8. The van der Waals surface area contributed by atoms with Gasteiger partial charge in [0.25, 0.3) is 0 Å². The van der Waals surface area contributed by atoms with Crippen molar-refractivity contribution in [1.82, 2.24) is 4.90 Å². The quantitative estimate of drug-likeness (QED) is 0.203. The standard InChI is InChI=1S/C37H53NOSi.C3H8/c1-8-9-14-26-24-33(28-16-11-10-15-27(26)28)40(7,22-21-39-37(3,4)5)36-30-18-13-12-17-29(30)35-34(36)31-23-25(2)19-20-32(31)38(35)6;1-3-2/h8,10-13,15-20,23,26-36H,1,9,14,21-22,24H2,2-7H3;3H2,1-2H3. The minimum atomic E-state index is -1.90. The van der Waals surface area contributed by atoms with Gasteiger partial charge in [-0.1, -0.05) is 105 Å². The van der Waals surface area contributed by atoms with Gasteiger partial charge in [-0.15, -0.1) is 6.58 Å². The first-order valence-corrected chi connectivity index (χ1v) is 20.4. The highest BCUT2D eigenvalue weighted by Gasteiger charge is 2.66. The van der Waals surface area contributed by atoms with Crippen molar-refractivity contribution in [3.8, 4) is 0 Å². The Kier molecular flexibility index (Phi) is 10.2. The molecule has 0 N–H and O–H groups in total. The van der Waals surface area contributed by atoms with E-state index >= 15 is 0 Å². The summed E-state index contributed by atoms with van der Waals surface area (Å²) in [5, 5.41) is 0. The van der Waals surface area contributed by atoms with Crippen LogP contribution in [0.5, 0.6) is 0 Å². The number of hydrogen-bond acceptors (Lipinski definition) is 2. The first kappa shape index (κ1) is 32.7. The maximum Gasteiger partial charge on any atom is 0.0605 e. The maximum atomic E-state index is 6.59. The predicted molar refractivity (Wildman–Crippen MR) is 189 cm³/mol. The molecule has 0 bridgehead atoms. The lowest BCUT2D eigenvalue weighted by atomic mass is 9.82. The van der Waals surface area contributed by atoms with Crippen LogP contribution in [0.1, 0.15) is 67.2 Å². The van der Waals surface area contributed by atoms with Crippen LogP contribution in [-0.4, -0.2) is 44.3 Å². The van der Waals surface area contributed by atoms with Crippen LogP contribution >= 0.6 is 0 Å². The maximum absolute atomic E-state index is 6.59. The Balaban J connectivity index is 0.00000118.